The lowest BCUT2D eigenvalue weighted by Crippen LogP contribution is -2.31. The molecular formula is C24H27N. The third-order valence-corrected chi connectivity index (χ3v) is 4.96. The summed E-state index contributed by atoms with van der Waals surface area (Å²) in [7, 11) is 0. The molecule has 25 heavy (non-hydrogen) atoms. The normalized spacial score (nSPS) is 13.6. The number of hydrogen-bond donors (Lipinski definition) is 0. The Morgan fingerprint density at radius 3 is 1.68 bits per heavy atom. The Morgan fingerprint density at radius 1 is 0.680 bits per heavy atom. The summed E-state index contributed by atoms with van der Waals surface area (Å²) in [5.41, 5.74) is 4.12. The maximum absolute atomic E-state index is 2.62. The fraction of sp³-hybridized carbons (Fsp3) is 0.250. The van der Waals surface area contributed by atoms with Crippen molar-refractivity contribution in [3.05, 3.63) is 108 Å². The van der Waals surface area contributed by atoms with E-state index in [9.17, 15) is 0 Å². The second kappa shape index (κ2) is 8.64. The summed E-state index contributed by atoms with van der Waals surface area (Å²) in [5.74, 6) is 0. The molecule has 0 heterocycles. The van der Waals surface area contributed by atoms with Crippen LogP contribution in [0.5, 0.6) is 0 Å². The monoisotopic (exact) mass is 329 g/mol. The Morgan fingerprint density at radius 2 is 1.16 bits per heavy atom. The summed E-state index contributed by atoms with van der Waals surface area (Å²) in [4.78, 5) is 2.62. The molecule has 0 radical (unpaired) electrons. The van der Waals surface area contributed by atoms with E-state index in [1.807, 2.05) is 0 Å². The maximum Gasteiger partial charge on any atom is 0.0355 e. The van der Waals surface area contributed by atoms with Gasteiger partial charge in [0.1, 0.15) is 0 Å². The minimum Gasteiger partial charge on any atom is -0.285 e. The molecule has 2 atom stereocenters. The lowest BCUT2D eigenvalue weighted by molar-refractivity contribution is 0.129. The van der Waals surface area contributed by atoms with Crippen molar-refractivity contribution in [1.82, 2.24) is 4.90 Å². The minimum atomic E-state index is 0.353. The van der Waals surface area contributed by atoms with Gasteiger partial charge in [-0.3, -0.25) is 4.90 Å². The smallest absolute Gasteiger partial charge is 0.0355 e. The van der Waals surface area contributed by atoms with Gasteiger partial charge in [0.2, 0.25) is 0 Å². The van der Waals surface area contributed by atoms with E-state index in [-0.39, 0.29) is 0 Å². The summed E-state index contributed by atoms with van der Waals surface area (Å²) in [5, 5.41) is 0. The largest absolute Gasteiger partial charge is 0.285 e. The third kappa shape index (κ3) is 4.37. The summed E-state index contributed by atoms with van der Waals surface area (Å²) in [6.07, 6.45) is 1.09. The van der Waals surface area contributed by atoms with Gasteiger partial charge in [0.05, 0.1) is 0 Å². The van der Waals surface area contributed by atoms with E-state index in [0.29, 0.717) is 12.1 Å². The Labute approximate surface area is 151 Å². The van der Waals surface area contributed by atoms with Crippen LogP contribution < -0.4 is 0 Å². The van der Waals surface area contributed by atoms with Crippen molar-refractivity contribution >= 4 is 0 Å². The first-order valence-electron chi connectivity index (χ1n) is 9.19. The van der Waals surface area contributed by atoms with Crippen molar-refractivity contribution in [1.29, 1.82) is 0 Å². The number of rotatable bonds is 7. The molecule has 0 N–H and O–H groups in total. The fourth-order valence-electron chi connectivity index (χ4n) is 3.57. The highest BCUT2D eigenvalue weighted by molar-refractivity contribution is 5.24. The lowest BCUT2D eigenvalue weighted by atomic mass is 9.97. The Balaban J connectivity index is 1.95. The fourth-order valence-corrected chi connectivity index (χ4v) is 3.57. The highest BCUT2D eigenvalue weighted by Crippen LogP contribution is 2.34. The molecule has 3 rings (SSSR count). The standard InChI is InChI=1S/C24H27N/c1-3-24(23-17-11-6-12-18-23)25(19-21-13-7-4-8-14-21)20(2)22-15-9-5-10-16-22/h4-18,20,24H,3,19H2,1-2H3/t20-,24+/m0/s1. The first-order valence-corrected chi connectivity index (χ1v) is 9.19. The molecule has 0 bridgehead atoms. The molecule has 0 spiro atoms. The van der Waals surface area contributed by atoms with E-state index >= 15 is 0 Å². The molecular weight excluding hydrogens is 302 g/mol. The van der Waals surface area contributed by atoms with Crippen LogP contribution >= 0.6 is 0 Å². The number of hydrogen-bond acceptors (Lipinski definition) is 1. The van der Waals surface area contributed by atoms with E-state index in [1.165, 1.54) is 16.7 Å². The van der Waals surface area contributed by atoms with Crippen LogP contribution in [0.3, 0.4) is 0 Å². The molecule has 1 heteroatoms. The van der Waals surface area contributed by atoms with Crippen LogP contribution in [0.2, 0.25) is 0 Å². The maximum atomic E-state index is 2.62. The summed E-state index contributed by atoms with van der Waals surface area (Å²) in [6.45, 7) is 5.56. The van der Waals surface area contributed by atoms with Crippen LogP contribution in [0.4, 0.5) is 0 Å². The van der Waals surface area contributed by atoms with E-state index in [0.717, 1.165) is 13.0 Å². The molecule has 3 aromatic rings. The van der Waals surface area contributed by atoms with Gasteiger partial charge >= 0.3 is 0 Å². The van der Waals surface area contributed by atoms with Gasteiger partial charge in [0, 0.05) is 18.6 Å². The summed E-state index contributed by atoms with van der Waals surface area (Å²) < 4.78 is 0. The molecule has 0 aliphatic rings. The molecule has 128 valence electrons. The Kier molecular flexibility index (Phi) is 6.03. The van der Waals surface area contributed by atoms with Gasteiger partial charge in [0.25, 0.3) is 0 Å². The average Bonchev–Trinajstić information content (AvgIpc) is 2.69. The predicted molar refractivity (Wildman–Crippen MR) is 106 cm³/mol. The van der Waals surface area contributed by atoms with E-state index in [2.05, 4.69) is 110 Å². The van der Waals surface area contributed by atoms with Gasteiger partial charge in [-0.15, -0.1) is 0 Å². The van der Waals surface area contributed by atoms with Crippen molar-refractivity contribution in [3.8, 4) is 0 Å². The van der Waals surface area contributed by atoms with Crippen LogP contribution in [-0.4, -0.2) is 4.90 Å². The summed E-state index contributed by atoms with van der Waals surface area (Å²) in [6, 6.07) is 33.3. The SMILES string of the molecule is CC[C@H](c1ccccc1)N(Cc1ccccc1)[C@@H](C)c1ccccc1. The molecule has 0 aromatic heterocycles. The van der Waals surface area contributed by atoms with Crippen molar-refractivity contribution in [2.24, 2.45) is 0 Å². The second-order valence-corrected chi connectivity index (χ2v) is 6.58. The van der Waals surface area contributed by atoms with Gasteiger partial charge in [0.15, 0.2) is 0 Å². The van der Waals surface area contributed by atoms with Crippen LogP contribution in [0.15, 0.2) is 91.0 Å². The van der Waals surface area contributed by atoms with Gasteiger partial charge in [-0.25, -0.2) is 0 Å². The average molecular weight is 329 g/mol. The first-order chi connectivity index (χ1) is 12.3. The van der Waals surface area contributed by atoms with Crippen molar-refractivity contribution in [3.63, 3.8) is 0 Å². The second-order valence-electron chi connectivity index (χ2n) is 6.58. The highest BCUT2D eigenvalue weighted by atomic mass is 15.2. The zero-order chi connectivity index (χ0) is 17.5. The zero-order valence-corrected chi connectivity index (χ0v) is 15.2. The first kappa shape index (κ1) is 17.4. The molecule has 1 nitrogen and oxygen atoms in total. The van der Waals surface area contributed by atoms with Crippen molar-refractivity contribution in [2.75, 3.05) is 0 Å². The van der Waals surface area contributed by atoms with Crippen LogP contribution in [-0.2, 0) is 6.54 Å². The molecule has 0 aliphatic heterocycles. The molecule has 0 aliphatic carbocycles. The molecule has 0 saturated heterocycles. The Hall–Kier alpha value is -2.38. The lowest BCUT2D eigenvalue weighted by Gasteiger charge is -2.37. The van der Waals surface area contributed by atoms with Gasteiger partial charge in [-0.05, 0) is 30.0 Å². The molecule has 0 amide bonds. The predicted octanol–water partition coefficient (Wildman–Crippen LogP) is 6.40. The molecule has 0 fully saturated rings. The molecule has 3 aromatic carbocycles. The van der Waals surface area contributed by atoms with Crippen LogP contribution in [0.1, 0.15) is 49.0 Å². The highest BCUT2D eigenvalue weighted by Gasteiger charge is 2.24. The van der Waals surface area contributed by atoms with Crippen molar-refractivity contribution < 1.29 is 0 Å². The third-order valence-electron chi connectivity index (χ3n) is 4.96. The van der Waals surface area contributed by atoms with E-state index < -0.39 is 0 Å². The van der Waals surface area contributed by atoms with Crippen LogP contribution in [0.25, 0.3) is 0 Å². The van der Waals surface area contributed by atoms with E-state index in [1.54, 1.807) is 0 Å². The zero-order valence-electron chi connectivity index (χ0n) is 15.2. The topological polar surface area (TPSA) is 3.24 Å². The molecule has 0 unspecified atom stereocenters. The van der Waals surface area contributed by atoms with Gasteiger partial charge in [-0.2, -0.15) is 0 Å². The number of benzene rings is 3. The van der Waals surface area contributed by atoms with Crippen LogP contribution in [0, 0.1) is 0 Å². The van der Waals surface area contributed by atoms with E-state index in [4.69, 9.17) is 0 Å². The summed E-state index contributed by atoms with van der Waals surface area (Å²) >= 11 is 0. The molecule has 0 saturated carbocycles. The number of nitrogens with zero attached hydrogens (tertiary/aromatic N) is 1. The van der Waals surface area contributed by atoms with Crippen molar-refractivity contribution in [2.45, 2.75) is 38.9 Å². The quantitative estimate of drug-likeness (QED) is 0.484. The van der Waals surface area contributed by atoms with Gasteiger partial charge < -0.3 is 0 Å². The van der Waals surface area contributed by atoms with Gasteiger partial charge in [-0.1, -0.05) is 97.9 Å². The minimum absolute atomic E-state index is 0.353. The Bertz CT molecular complexity index is 737.